The summed E-state index contributed by atoms with van der Waals surface area (Å²) in [6, 6.07) is 11.8. The third kappa shape index (κ3) is 4.38. The van der Waals surface area contributed by atoms with Gasteiger partial charge in [-0.2, -0.15) is 0 Å². The molecule has 4 heteroatoms. The summed E-state index contributed by atoms with van der Waals surface area (Å²) in [5.74, 6) is -0.224. The fourth-order valence-corrected chi connectivity index (χ4v) is 3.37. The second-order valence-electron chi connectivity index (χ2n) is 5.06. The zero-order chi connectivity index (χ0) is 15.4. The van der Waals surface area contributed by atoms with E-state index >= 15 is 0 Å². The molecule has 112 valence electrons. The lowest BCUT2D eigenvalue weighted by Gasteiger charge is -2.21. The van der Waals surface area contributed by atoms with Gasteiger partial charge in [-0.05, 0) is 76.8 Å². The largest absolute Gasteiger partial charge is 0.310 e. The van der Waals surface area contributed by atoms with E-state index in [9.17, 15) is 4.39 Å². The minimum Gasteiger partial charge on any atom is -0.310 e. The van der Waals surface area contributed by atoms with Gasteiger partial charge in [0.15, 0.2) is 0 Å². The fraction of sp³-hybridized carbons (Fsp3) is 0.294. The van der Waals surface area contributed by atoms with Gasteiger partial charge in [0.25, 0.3) is 0 Å². The average Bonchev–Trinajstić information content (AvgIpc) is 2.42. The van der Waals surface area contributed by atoms with Crippen molar-refractivity contribution in [3.05, 3.63) is 67.9 Å². The molecule has 0 radical (unpaired) electrons. The second-order valence-corrected chi connectivity index (χ2v) is 6.83. The van der Waals surface area contributed by atoms with Gasteiger partial charge in [0.2, 0.25) is 0 Å². The van der Waals surface area contributed by atoms with Crippen molar-refractivity contribution in [2.75, 3.05) is 6.54 Å². The summed E-state index contributed by atoms with van der Waals surface area (Å²) in [4.78, 5) is 0. The van der Waals surface area contributed by atoms with Crippen molar-refractivity contribution in [2.45, 2.75) is 26.3 Å². The molecule has 0 aliphatic rings. The third-order valence-electron chi connectivity index (χ3n) is 3.48. The molecule has 0 saturated carbocycles. The first-order valence-electron chi connectivity index (χ1n) is 6.94. The molecule has 21 heavy (non-hydrogen) atoms. The Morgan fingerprint density at radius 1 is 1.14 bits per heavy atom. The number of rotatable bonds is 5. The fourth-order valence-electron chi connectivity index (χ4n) is 2.47. The average molecular weight is 415 g/mol. The van der Waals surface area contributed by atoms with Crippen molar-refractivity contribution in [3.8, 4) is 0 Å². The molecule has 0 fully saturated rings. The lowest BCUT2D eigenvalue weighted by molar-refractivity contribution is 0.546. The molecule has 1 nitrogen and oxygen atoms in total. The first-order valence-corrected chi connectivity index (χ1v) is 8.53. The number of benzene rings is 2. The summed E-state index contributed by atoms with van der Waals surface area (Å²) in [6.45, 7) is 5.11. The molecular weight excluding hydrogens is 397 g/mol. The van der Waals surface area contributed by atoms with Gasteiger partial charge in [-0.1, -0.05) is 35.0 Å². The highest BCUT2D eigenvalue weighted by Gasteiger charge is 2.14. The standard InChI is InChI=1S/C17H18Br2FN/c1-3-21-17(14-6-5-13(18)8-11(14)2)10-12-4-7-16(20)15(19)9-12/h4-9,17,21H,3,10H2,1-2H3. The van der Waals surface area contributed by atoms with E-state index in [4.69, 9.17) is 0 Å². The monoisotopic (exact) mass is 413 g/mol. The van der Waals surface area contributed by atoms with E-state index < -0.39 is 0 Å². The van der Waals surface area contributed by atoms with Gasteiger partial charge >= 0.3 is 0 Å². The van der Waals surface area contributed by atoms with E-state index in [-0.39, 0.29) is 11.9 Å². The van der Waals surface area contributed by atoms with Crippen LogP contribution in [0, 0.1) is 12.7 Å². The van der Waals surface area contributed by atoms with Crippen molar-refractivity contribution in [2.24, 2.45) is 0 Å². The van der Waals surface area contributed by atoms with Gasteiger partial charge in [-0.25, -0.2) is 4.39 Å². The number of aryl methyl sites for hydroxylation is 1. The normalized spacial score (nSPS) is 12.4. The van der Waals surface area contributed by atoms with Crippen LogP contribution in [0.1, 0.15) is 29.7 Å². The van der Waals surface area contributed by atoms with Crippen LogP contribution in [0.3, 0.4) is 0 Å². The lowest BCUT2D eigenvalue weighted by atomic mass is 9.95. The van der Waals surface area contributed by atoms with Gasteiger partial charge in [0.1, 0.15) is 5.82 Å². The first-order chi connectivity index (χ1) is 10.0. The van der Waals surface area contributed by atoms with E-state index in [0.717, 1.165) is 23.0 Å². The van der Waals surface area contributed by atoms with Gasteiger partial charge in [-0.3, -0.25) is 0 Å². The topological polar surface area (TPSA) is 12.0 Å². The molecule has 0 spiro atoms. The van der Waals surface area contributed by atoms with Crippen molar-refractivity contribution in [3.63, 3.8) is 0 Å². The molecule has 0 aromatic heterocycles. The van der Waals surface area contributed by atoms with Crippen LogP contribution in [0.5, 0.6) is 0 Å². The molecule has 2 rings (SSSR count). The molecule has 0 heterocycles. The van der Waals surface area contributed by atoms with Crippen molar-refractivity contribution in [1.82, 2.24) is 5.32 Å². The summed E-state index contributed by atoms with van der Waals surface area (Å²) in [6.07, 6.45) is 0.829. The molecular formula is C17H18Br2FN. The highest BCUT2D eigenvalue weighted by atomic mass is 79.9. The van der Waals surface area contributed by atoms with E-state index in [1.807, 2.05) is 12.1 Å². The first kappa shape index (κ1) is 16.7. The molecule has 0 amide bonds. The Balaban J connectivity index is 2.28. The Kier molecular flexibility index (Phi) is 5.97. The number of likely N-dealkylation sites (N-methyl/N-ethyl adjacent to an activating group) is 1. The van der Waals surface area contributed by atoms with Crippen LogP contribution in [-0.2, 0) is 6.42 Å². The maximum atomic E-state index is 13.3. The highest BCUT2D eigenvalue weighted by Crippen LogP contribution is 2.26. The predicted molar refractivity (Wildman–Crippen MR) is 93.1 cm³/mol. The number of hydrogen-bond donors (Lipinski definition) is 1. The van der Waals surface area contributed by atoms with Gasteiger partial charge < -0.3 is 5.32 Å². The minimum atomic E-state index is -0.224. The van der Waals surface area contributed by atoms with Gasteiger partial charge in [0, 0.05) is 10.5 Å². The number of hydrogen-bond acceptors (Lipinski definition) is 1. The Morgan fingerprint density at radius 2 is 1.90 bits per heavy atom. The zero-order valence-electron chi connectivity index (χ0n) is 12.1. The van der Waals surface area contributed by atoms with Crippen molar-refractivity contribution in [1.29, 1.82) is 0 Å². The molecule has 0 saturated heterocycles. The number of halogens is 3. The van der Waals surface area contributed by atoms with E-state index in [1.54, 1.807) is 0 Å². The van der Waals surface area contributed by atoms with Crippen LogP contribution < -0.4 is 5.32 Å². The summed E-state index contributed by atoms with van der Waals surface area (Å²) in [5.41, 5.74) is 3.63. The van der Waals surface area contributed by atoms with Crippen molar-refractivity contribution >= 4 is 31.9 Å². The third-order valence-corrected chi connectivity index (χ3v) is 4.58. The van der Waals surface area contributed by atoms with Crippen LogP contribution in [-0.4, -0.2) is 6.54 Å². The molecule has 0 aliphatic heterocycles. The maximum absolute atomic E-state index is 13.3. The summed E-state index contributed by atoms with van der Waals surface area (Å²) >= 11 is 6.75. The highest BCUT2D eigenvalue weighted by molar-refractivity contribution is 9.10. The van der Waals surface area contributed by atoms with E-state index in [1.165, 1.54) is 17.2 Å². The van der Waals surface area contributed by atoms with Crippen molar-refractivity contribution < 1.29 is 4.39 Å². The molecule has 1 atom stereocenters. The van der Waals surface area contributed by atoms with Gasteiger partial charge in [-0.15, -0.1) is 0 Å². The van der Waals surface area contributed by atoms with Crippen LogP contribution in [0.2, 0.25) is 0 Å². The van der Waals surface area contributed by atoms with Crippen LogP contribution in [0.15, 0.2) is 45.3 Å². The smallest absolute Gasteiger partial charge is 0.137 e. The Hall–Kier alpha value is -0.710. The SMILES string of the molecule is CCNC(Cc1ccc(F)c(Br)c1)c1ccc(Br)cc1C. The zero-order valence-corrected chi connectivity index (χ0v) is 15.3. The minimum absolute atomic E-state index is 0.223. The van der Waals surface area contributed by atoms with E-state index in [0.29, 0.717) is 4.47 Å². The second kappa shape index (κ2) is 7.52. The Labute approximate surface area is 142 Å². The van der Waals surface area contributed by atoms with Crippen LogP contribution in [0.25, 0.3) is 0 Å². The molecule has 0 bridgehead atoms. The molecule has 2 aromatic carbocycles. The molecule has 1 unspecified atom stereocenters. The predicted octanol–water partition coefficient (Wildman–Crippen LogP) is 5.55. The maximum Gasteiger partial charge on any atom is 0.137 e. The Bertz CT molecular complexity index is 628. The molecule has 1 N–H and O–H groups in total. The molecule has 2 aromatic rings. The summed E-state index contributed by atoms with van der Waals surface area (Å²) in [7, 11) is 0. The summed E-state index contributed by atoms with van der Waals surface area (Å²) in [5, 5.41) is 3.52. The quantitative estimate of drug-likeness (QED) is 0.675. The molecule has 0 aliphatic carbocycles. The van der Waals surface area contributed by atoms with Crippen LogP contribution >= 0.6 is 31.9 Å². The van der Waals surface area contributed by atoms with E-state index in [2.05, 4.69) is 69.2 Å². The lowest BCUT2D eigenvalue weighted by Crippen LogP contribution is -2.23. The van der Waals surface area contributed by atoms with Gasteiger partial charge in [0.05, 0.1) is 4.47 Å². The number of nitrogens with one attached hydrogen (secondary N) is 1. The summed E-state index contributed by atoms with van der Waals surface area (Å²) < 4.78 is 15.0. The van der Waals surface area contributed by atoms with Crippen LogP contribution in [0.4, 0.5) is 4.39 Å². The Morgan fingerprint density at radius 3 is 2.52 bits per heavy atom.